The first-order valence-electron chi connectivity index (χ1n) is 13.5. The Kier molecular flexibility index (Phi) is 8.62. The molecule has 0 amide bonds. The van der Waals surface area contributed by atoms with E-state index in [-0.39, 0.29) is 65.7 Å². The van der Waals surface area contributed by atoms with Gasteiger partial charge in [-0.15, -0.1) is 0 Å². The van der Waals surface area contributed by atoms with Crippen molar-refractivity contribution in [1.82, 2.24) is 0 Å². The van der Waals surface area contributed by atoms with Gasteiger partial charge in [0.1, 0.15) is 34.6 Å². The van der Waals surface area contributed by atoms with Crippen LogP contribution in [0.3, 0.4) is 0 Å². The van der Waals surface area contributed by atoms with E-state index in [9.17, 15) is 19.2 Å². The van der Waals surface area contributed by atoms with Gasteiger partial charge in [-0.1, -0.05) is 53.5 Å². The normalized spacial score (nSPS) is 23.8. The first-order chi connectivity index (χ1) is 19.7. The van der Waals surface area contributed by atoms with Gasteiger partial charge in [0.25, 0.3) is 0 Å². The summed E-state index contributed by atoms with van der Waals surface area (Å²) in [5, 5.41) is 0.595. The van der Waals surface area contributed by atoms with Crippen molar-refractivity contribution in [2.75, 3.05) is 14.2 Å². The summed E-state index contributed by atoms with van der Waals surface area (Å²) >= 11 is 12.8. The third-order valence-electron chi connectivity index (χ3n) is 8.39. The van der Waals surface area contributed by atoms with Gasteiger partial charge in [0, 0.05) is 41.6 Å². The second kappa shape index (κ2) is 12.2. The van der Waals surface area contributed by atoms with Gasteiger partial charge in [-0.3, -0.25) is 19.2 Å². The number of benzene rings is 3. The van der Waals surface area contributed by atoms with Crippen molar-refractivity contribution in [2.24, 2.45) is 11.8 Å². The number of Topliss-reactive ketones (excluding diaryl/α,β-unsaturated/α-hetero) is 4. The minimum Gasteiger partial charge on any atom is -0.497 e. The lowest BCUT2D eigenvalue weighted by molar-refractivity contribution is -0.142. The lowest BCUT2D eigenvalue weighted by Gasteiger charge is -2.38. The first kappa shape index (κ1) is 29.0. The Balaban J connectivity index is 1.47. The van der Waals surface area contributed by atoms with E-state index in [0.717, 1.165) is 11.1 Å². The molecule has 0 atom stereocenters. The van der Waals surface area contributed by atoms with E-state index in [1.54, 1.807) is 50.6 Å². The van der Waals surface area contributed by atoms with Crippen LogP contribution in [0.25, 0.3) is 0 Å². The zero-order valence-corrected chi connectivity index (χ0v) is 24.3. The number of rotatable bonds is 7. The monoisotopic (exact) mass is 592 g/mol. The summed E-state index contributed by atoms with van der Waals surface area (Å²) in [6.07, 6.45) is 0.476. The molecule has 0 bridgehead atoms. The fraction of sp³-hybridized carbons (Fsp3) is 0.333. The molecule has 2 fully saturated rings. The van der Waals surface area contributed by atoms with Crippen LogP contribution in [-0.4, -0.2) is 37.4 Å². The maximum absolute atomic E-state index is 13.8. The van der Waals surface area contributed by atoms with E-state index in [0.29, 0.717) is 22.1 Å². The van der Waals surface area contributed by atoms with Crippen LogP contribution in [0.5, 0.6) is 11.5 Å². The predicted octanol–water partition coefficient (Wildman–Crippen LogP) is 6.76. The molecule has 0 heterocycles. The molecule has 6 nitrogen and oxygen atoms in total. The fourth-order valence-corrected chi connectivity index (χ4v) is 6.87. The van der Waals surface area contributed by atoms with E-state index in [1.165, 1.54) is 6.07 Å². The van der Waals surface area contributed by atoms with E-state index >= 15 is 0 Å². The molecule has 41 heavy (non-hydrogen) atoms. The molecule has 2 saturated carbocycles. The number of halogens is 2. The van der Waals surface area contributed by atoms with Crippen molar-refractivity contribution in [1.29, 1.82) is 0 Å². The van der Waals surface area contributed by atoms with Crippen LogP contribution < -0.4 is 9.47 Å². The van der Waals surface area contributed by atoms with Crippen LogP contribution >= 0.6 is 23.2 Å². The summed E-state index contributed by atoms with van der Waals surface area (Å²) in [5.41, 5.74) is 2.14. The van der Waals surface area contributed by atoms with Crippen molar-refractivity contribution in [3.05, 3.63) is 93.5 Å². The molecular formula is C33H30Cl2O6. The quantitative estimate of drug-likeness (QED) is 0.282. The zero-order chi connectivity index (χ0) is 29.3. The van der Waals surface area contributed by atoms with Gasteiger partial charge < -0.3 is 9.47 Å². The second-order valence-electron chi connectivity index (χ2n) is 10.8. The zero-order valence-electron chi connectivity index (χ0n) is 22.8. The average Bonchev–Trinajstić information content (AvgIpc) is 2.96. The molecule has 0 aromatic heterocycles. The van der Waals surface area contributed by atoms with E-state index in [1.807, 2.05) is 24.3 Å². The Morgan fingerprint density at radius 1 is 0.610 bits per heavy atom. The number of hydrogen-bond donors (Lipinski definition) is 0. The van der Waals surface area contributed by atoms with E-state index in [4.69, 9.17) is 32.7 Å². The highest BCUT2D eigenvalue weighted by atomic mass is 35.5. The number of methoxy groups -OCH3 is 2. The van der Waals surface area contributed by atoms with Gasteiger partial charge >= 0.3 is 0 Å². The standard InChI is InChI=1S/C33H30Cl2O6/c1-40-23-8-3-18(4-9-23)20-13-27(36)32(28(37)14-20)31(25-12-7-22(34)17-26(25)35)33-29(38)15-21(16-30(33)39)19-5-10-24(41-2)11-6-19/h3-12,17,20-21,31-33H,13-16H2,1-2H3. The van der Waals surface area contributed by atoms with Gasteiger partial charge in [0.2, 0.25) is 0 Å². The highest BCUT2D eigenvalue weighted by Crippen LogP contribution is 2.47. The van der Waals surface area contributed by atoms with Gasteiger partial charge in [-0.25, -0.2) is 0 Å². The molecular weight excluding hydrogens is 563 g/mol. The van der Waals surface area contributed by atoms with Crippen LogP contribution in [-0.2, 0) is 19.2 Å². The number of hydrogen-bond acceptors (Lipinski definition) is 6. The molecule has 0 unspecified atom stereocenters. The SMILES string of the molecule is COc1ccc(C2CC(=O)C(C(c3ccc(Cl)cc3Cl)C3C(=O)CC(c4ccc(OC)cc4)CC3=O)C(=O)C2)cc1. The summed E-state index contributed by atoms with van der Waals surface area (Å²) in [4.78, 5) is 55.0. The molecule has 0 radical (unpaired) electrons. The maximum atomic E-state index is 13.8. The smallest absolute Gasteiger partial charge is 0.144 e. The van der Waals surface area contributed by atoms with Gasteiger partial charge in [-0.2, -0.15) is 0 Å². The summed E-state index contributed by atoms with van der Waals surface area (Å²) < 4.78 is 10.4. The summed E-state index contributed by atoms with van der Waals surface area (Å²) in [5.74, 6) is -3.71. The molecule has 212 valence electrons. The van der Waals surface area contributed by atoms with Crippen LogP contribution in [0.1, 0.15) is 60.1 Å². The van der Waals surface area contributed by atoms with Crippen molar-refractivity contribution in [3.63, 3.8) is 0 Å². The average molecular weight is 594 g/mol. The minimum atomic E-state index is -1.15. The molecule has 3 aromatic carbocycles. The lowest BCUT2D eigenvalue weighted by atomic mass is 9.62. The molecule has 0 spiro atoms. The topological polar surface area (TPSA) is 86.7 Å². The Bertz CT molecular complexity index is 1360. The Morgan fingerprint density at radius 2 is 1.00 bits per heavy atom. The maximum Gasteiger partial charge on any atom is 0.144 e. The highest BCUT2D eigenvalue weighted by molar-refractivity contribution is 6.35. The van der Waals surface area contributed by atoms with Crippen LogP contribution in [0.15, 0.2) is 66.7 Å². The third-order valence-corrected chi connectivity index (χ3v) is 8.95. The first-order valence-corrected chi connectivity index (χ1v) is 14.3. The molecule has 0 saturated heterocycles. The second-order valence-corrected chi connectivity index (χ2v) is 11.6. The minimum absolute atomic E-state index is 0.119. The largest absolute Gasteiger partial charge is 0.497 e. The molecule has 8 heteroatoms. The Labute approximate surface area is 248 Å². The number of ether oxygens (including phenoxy) is 2. The Hall–Kier alpha value is -3.48. The highest BCUT2D eigenvalue weighted by Gasteiger charge is 2.50. The van der Waals surface area contributed by atoms with Gasteiger partial charge in [-0.05, 0) is 64.9 Å². The molecule has 0 aliphatic heterocycles. The van der Waals surface area contributed by atoms with Crippen molar-refractivity contribution in [3.8, 4) is 11.5 Å². The van der Waals surface area contributed by atoms with Crippen LogP contribution in [0, 0.1) is 11.8 Å². The van der Waals surface area contributed by atoms with Crippen molar-refractivity contribution >= 4 is 46.3 Å². The summed E-state index contributed by atoms with van der Waals surface area (Å²) in [6, 6.07) is 19.3. The van der Waals surface area contributed by atoms with Crippen molar-refractivity contribution in [2.45, 2.75) is 43.4 Å². The predicted molar refractivity (Wildman–Crippen MR) is 156 cm³/mol. The van der Waals surface area contributed by atoms with Gasteiger partial charge in [0.05, 0.1) is 26.1 Å². The lowest BCUT2D eigenvalue weighted by Crippen LogP contribution is -2.45. The van der Waals surface area contributed by atoms with E-state index in [2.05, 4.69) is 0 Å². The van der Waals surface area contributed by atoms with Crippen molar-refractivity contribution < 1.29 is 28.7 Å². The molecule has 2 aliphatic rings. The number of ketones is 4. The van der Waals surface area contributed by atoms with E-state index < -0.39 is 17.8 Å². The summed E-state index contributed by atoms with van der Waals surface area (Å²) in [6.45, 7) is 0. The third kappa shape index (κ3) is 5.95. The number of carbonyl (C=O) groups excluding carboxylic acids is 4. The van der Waals surface area contributed by atoms with Gasteiger partial charge in [0.15, 0.2) is 0 Å². The summed E-state index contributed by atoms with van der Waals surface area (Å²) in [7, 11) is 3.14. The molecule has 3 aromatic rings. The Morgan fingerprint density at radius 3 is 1.34 bits per heavy atom. The fourth-order valence-electron chi connectivity index (χ4n) is 6.33. The van der Waals surface area contributed by atoms with Crippen LogP contribution in [0.2, 0.25) is 10.0 Å². The molecule has 0 N–H and O–H groups in total. The van der Waals surface area contributed by atoms with Crippen LogP contribution in [0.4, 0.5) is 0 Å². The molecule has 5 rings (SSSR count). The number of carbonyl (C=O) groups is 4. The molecule has 2 aliphatic carbocycles.